The lowest BCUT2D eigenvalue weighted by atomic mass is 10.1. The van der Waals surface area contributed by atoms with Crippen LogP contribution in [0.4, 0.5) is 11.4 Å². The van der Waals surface area contributed by atoms with Crippen LogP contribution >= 0.6 is 11.6 Å². The lowest BCUT2D eigenvalue weighted by molar-refractivity contribution is 0.257. The molecule has 2 fully saturated rings. The Labute approximate surface area is 243 Å². The van der Waals surface area contributed by atoms with Gasteiger partial charge in [-0.3, -0.25) is 4.90 Å². The number of hydrogen-bond donors (Lipinski definition) is 1. The molecule has 3 aromatic carbocycles. The molecule has 0 aliphatic carbocycles. The molecule has 208 valence electrons. The van der Waals surface area contributed by atoms with Gasteiger partial charge in [-0.15, -0.1) is 0 Å². The molecule has 4 aromatic rings. The first kappa shape index (κ1) is 26.9. The molecule has 2 aliphatic rings. The van der Waals surface area contributed by atoms with E-state index in [9.17, 15) is 0 Å². The minimum absolute atomic E-state index is 0.751. The van der Waals surface area contributed by atoms with Crippen LogP contribution in [0.5, 0.6) is 0 Å². The maximum absolute atomic E-state index is 6.19. The van der Waals surface area contributed by atoms with Crippen LogP contribution in [0.2, 0.25) is 5.02 Å². The van der Waals surface area contributed by atoms with Crippen molar-refractivity contribution in [3.05, 3.63) is 95.6 Å². The zero-order valence-corrected chi connectivity index (χ0v) is 23.9. The molecule has 3 heterocycles. The van der Waals surface area contributed by atoms with E-state index in [1.807, 2.05) is 12.1 Å². The predicted molar refractivity (Wildman–Crippen MR) is 167 cm³/mol. The van der Waals surface area contributed by atoms with Gasteiger partial charge in [0.25, 0.3) is 0 Å². The fourth-order valence-corrected chi connectivity index (χ4v) is 6.02. The van der Waals surface area contributed by atoms with Crippen LogP contribution in [-0.2, 0) is 6.54 Å². The van der Waals surface area contributed by atoms with Gasteiger partial charge in [0.1, 0.15) is 0 Å². The van der Waals surface area contributed by atoms with Crippen LogP contribution < -0.4 is 15.1 Å². The van der Waals surface area contributed by atoms with Gasteiger partial charge in [-0.2, -0.15) is 5.10 Å². The zero-order valence-electron chi connectivity index (χ0n) is 23.2. The topological polar surface area (TPSA) is 39.6 Å². The monoisotopic (exact) mass is 554 g/mol. The number of hydrogen-bond acceptors (Lipinski definition) is 5. The Balaban J connectivity index is 1.06. The van der Waals surface area contributed by atoms with Crippen molar-refractivity contribution in [2.75, 3.05) is 62.2 Å². The van der Waals surface area contributed by atoms with E-state index in [4.69, 9.17) is 16.7 Å². The van der Waals surface area contributed by atoms with Crippen molar-refractivity contribution in [2.24, 2.45) is 0 Å². The quantitative estimate of drug-likeness (QED) is 0.253. The average Bonchev–Trinajstić information content (AvgIpc) is 3.45. The fraction of sp³-hybridized carbons (Fsp3) is 0.364. The van der Waals surface area contributed by atoms with Crippen molar-refractivity contribution in [3.63, 3.8) is 0 Å². The summed E-state index contributed by atoms with van der Waals surface area (Å²) < 4.78 is 2.09. The summed E-state index contributed by atoms with van der Waals surface area (Å²) in [5, 5.41) is 9.46. The molecule has 0 spiro atoms. The summed E-state index contributed by atoms with van der Waals surface area (Å²) in [4.78, 5) is 7.47. The molecule has 0 amide bonds. The summed E-state index contributed by atoms with van der Waals surface area (Å²) in [6.45, 7) is 9.24. The van der Waals surface area contributed by atoms with E-state index in [0.717, 1.165) is 81.0 Å². The number of aromatic nitrogens is 2. The smallest absolute Gasteiger partial charge is 0.0773 e. The molecule has 7 heteroatoms. The molecule has 1 aromatic heterocycles. The molecular formula is C33H39ClN6. The molecule has 0 bridgehead atoms. The summed E-state index contributed by atoms with van der Waals surface area (Å²) in [6, 6.07) is 29.9. The maximum atomic E-state index is 6.19. The highest BCUT2D eigenvalue weighted by molar-refractivity contribution is 6.30. The molecular weight excluding hydrogens is 516 g/mol. The summed E-state index contributed by atoms with van der Waals surface area (Å²) in [6.07, 6.45) is 3.93. The molecule has 2 saturated heterocycles. The van der Waals surface area contributed by atoms with Gasteiger partial charge < -0.3 is 15.1 Å². The molecule has 40 heavy (non-hydrogen) atoms. The summed E-state index contributed by atoms with van der Waals surface area (Å²) in [5.41, 5.74) is 7.01. The molecule has 2 aliphatic heterocycles. The van der Waals surface area contributed by atoms with E-state index >= 15 is 0 Å². The second kappa shape index (κ2) is 12.9. The lowest BCUT2D eigenvalue weighted by Crippen LogP contribution is -2.48. The van der Waals surface area contributed by atoms with Crippen molar-refractivity contribution in [1.29, 1.82) is 0 Å². The number of benzene rings is 3. The molecule has 0 radical (unpaired) electrons. The standard InChI is InChI=1S/C33H39ClN6/c34-28-8-7-11-32(24-28)39-22-20-37(21-23-39)19-16-35-26-29-25-33(40(36-29)31-9-3-1-4-10-31)27-12-14-30(15-13-27)38-17-5-2-6-18-38/h1,3-4,7-15,24-25,35H,2,5-6,16-23,26H2. The third-order valence-corrected chi connectivity index (χ3v) is 8.34. The number of piperazine rings is 1. The minimum Gasteiger partial charge on any atom is -0.372 e. The molecule has 6 nitrogen and oxygen atoms in total. The lowest BCUT2D eigenvalue weighted by Gasteiger charge is -2.36. The van der Waals surface area contributed by atoms with Gasteiger partial charge in [-0.25, -0.2) is 4.68 Å². The second-order valence-electron chi connectivity index (χ2n) is 10.8. The first-order valence-corrected chi connectivity index (χ1v) is 15.0. The Morgan fingerprint density at radius 1 is 0.675 bits per heavy atom. The minimum atomic E-state index is 0.751. The first-order valence-electron chi connectivity index (χ1n) is 14.7. The Morgan fingerprint density at radius 2 is 1.40 bits per heavy atom. The Kier molecular flexibility index (Phi) is 8.67. The summed E-state index contributed by atoms with van der Waals surface area (Å²) >= 11 is 6.19. The van der Waals surface area contributed by atoms with Gasteiger partial charge in [0.15, 0.2) is 0 Å². The average molecular weight is 555 g/mol. The number of nitrogens with one attached hydrogen (secondary N) is 1. The second-order valence-corrected chi connectivity index (χ2v) is 11.3. The predicted octanol–water partition coefficient (Wildman–Crippen LogP) is 6.09. The highest BCUT2D eigenvalue weighted by Crippen LogP contribution is 2.28. The number of piperidine rings is 1. The highest BCUT2D eigenvalue weighted by atomic mass is 35.5. The van der Waals surface area contributed by atoms with E-state index in [2.05, 4.69) is 97.5 Å². The van der Waals surface area contributed by atoms with Crippen LogP contribution in [0.1, 0.15) is 25.0 Å². The van der Waals surface area contributed by atoms with Crippen LogP contribution in [0.25, 0.3) is 16.9 Å². The van der Waals surface area contributed by atoms with Crippen LogP contribution in [0, 0.1) is 0 Å². The molecule has 0 unspecified atom stereocenters. The van der Waals surface area contributed by atoms with Crippen LogP contribution in [0.15, 0.2) is 84.9 Å². The van der Waals surface area contributed by atoms with E-state index in [1.54, 1.807) is 0 Å². The third kappa shape index (κ3) is 6.52. The largest absolute Gasteiger partial charge is 0.372 e. The van der Waals surface area contributed by atoms with Crippen molar-refractivity contribution in [2.45, 2.75) is 25.8 Å². The Hall–Kier alpha value is -3.32. The number of anilines is 2. The van der Waals surface area contributed by atoms with Gasteiger partial charge in [-0.05, 0) is 67.8 Å². The summed E-state index contributed by atoms with van der Waals surface area (Å²) in [7, 11) is 0. The Morgan fingerprint density at radius 3 is 2.15 bits per heavy atom. The van der Waals surface area contributed by atoms with Crippen LogP contribution in [0.3, 0.4) is 0 Å². The van der Waals surface area contributed by atoms with E-state index in [1.165, 1.54) is 36.2 Å². The zero-order chi connectivity index (χ0) is 27.1. The molecule has 0 atom stereocenters. The molecule has 6 rings (SSSR count). The fourth-order valence-electron chi connectivity index (χ4n) is 5.84. The third-order valence-electron chi connectivity index (χ3n) is 8.10. The van der Waals surface area contributed by atoms with Crippen molar-refractivity contribution >= 4 is 23.0 Å². The van der Waals surface area contributed by atoms with Gasteiger partial charge in [-0.1, -0.05) is 48.0 Å². The van der Waals surface area contributed by atoms with Gasteiger partial charge in [0.2, 0.25) is 0 Å². The number of nitrogens with zero attached hydrogens (tertiary/aromatic N) is 5. The van der Waals surface area contributed by atoms with Crippen molar-refractivity contribution in [3.8, 4) is 16.9 Å². The number of rotatable bonds is 9. The highest BCUT2D eigenvalue weighted by Gasteiger charge is 2.18. The van der Waals surface area contributed by atoms with E-state index in [0.29, 0.717) is 0 Å². The van der Waals surface area contributed by atoms with Gasteiger partial charge in [0.05, 0.1) is 17.1 Å². The van der Waals surface area contributed by atoms with Crippen molar-refractivity contribution in [1.82, 2.24) is 20.0 Å². The van der Waals surface area contributed by atoms with Crippen LogP contribution in [-0.4, -0.2) is 67.0 Å². The van der Waals surface area contributed by atoms with E-state index in [-0.39, 0.29) is 0 Å². The van der Waals surface area contributed by atoms with Gasteiger partial charge >= 0.3 is 0 Å². The SMILES string of the molecule is Clc1cccc(N2CCN(CCNCc3cc(-c4ccc(N5CCCCC5)cc4)n(-c4ccccc4)n3)CC2)c1. The Bertz CT molecular complexity index is 1360. The van der Waals surface area contributed by atoms with E-state index < -0.39 is 0 Å². The normalized spacial score (nSPS) is 16.4. The van der Waals surface area contributed by atoms with Gasteiger partial charge in [0, 0.05) is 80.9 Å². The summed E-state index contributed by atoms with van der Waals surface area (Å²) in [5.74, 6) is 0. The maximum Gasteiger partial charge on any atom is 0.0773 e. The number of halogens is 1. The molecule has 0 saturated carbocycles. The first-order chi connectivity index (χ1) is 19.7. The molecule has 1 N–H and O–H groups in total. The van der Waals surface area contributed by atoms with Crippen molar-refractivity contribution < 1.29 is 0 Å². The number of para-hydroxylation sites is 1.